The van der Waals surface area contributed by atoms with E-state index in [1.54, 1.807) is 19.1 Å². The van der Waals surface area contributed by atoms with Gasteiger partial charge in [0, 0.05) is 25.8 Å². The Kier molecular flexibility index (Phi) is 5.29. The predicted molar refractivity (Wildman–Crippen MR) is 116 cm³/mol. The second-order valence-corrected chi connectivity index (χ2v) is 7.44. The van der Waals surface area contributed by atoms with E-state index in [0.717, 1.165) is 11.3 Å². The smallest absolute Gasteiger partial charge is 0.343 e. The Bertz CT molecular complexity index is 1200. The number of carbonyl (C=O) groups is 2. The average molecular weight is 417 g/mol. The number of hydrogen-bond donors (Lipinski definition) is 0. The van der Waals surface area contributed by atoms with Crippen molar-refractivity contribution in [1.29, 1.82) is 0 Å². The highest BCUT2D eigenvalue weighted by atomic mass is 19.1. The van der Waals surface area contributed by atoms with E-state index in [0.29, 0.717) is 16.9 Å². The summed E-state index contributed by atoms with van der Waals surface area (Å²) in [6.45, 7) is 1.75. The molecule has 0 aliphatic carbocycles. The zero-order valence-electron chi connectivity index (χ0n) is 17.3. The normalized spacial score (nSPS) is 13.7. The fourth-order valence-corrected chi connectivity index (χ4v) is 3.31. The van der Waals surface area contributed by atoms with Crippen molar-refractivity contribution >= 4 is 23.5 Å². The predicted octanol–water partition coefficient (Wildman–Crippen LogP) is 5.04. The third kappa shape index (κ3) is 4.19. The minimum absolute atomic E-state index is 0.206. The molecular weight excluding hydrogens is 397 g/mol. The maximum atomic E-state index is 13.1. The van der Waals surface area contributed by atoms with E-state index in [1.165, 1.54) is 30.3 Å². The summed E-state index contributed by atoms with van der Waals surface area (Å²) in [7, 11) is 3.91. The number of benzene rings is 3. The molecule has 0 N–H and O–H groups in total. The van der Waals surface area contributed by atoms with Gasteiger partial charge in [-0.1, -0.05) is 12.1 Å². The van der Waals surface area contributed by atoms with Crippen molar-refractivity contribution in [1.82, 2.24) is 0 Å². The van der Waals surface area contributed by atoms with E-state index in [4.69, 9.17) is 9.47 Å². The molecule has 0 unspecified atom stereocenters. The van der Waals surface area contributed by atoms with Crippen molar-refractivity contribution in [2.75, 3.05) is 19.0 Å². The van der Waals surface area contributed by atoms with Crippen LogP contribution in [0.1, 0.15) is 31.8 Å². The van der Waals surface area contributed by atoms with Gasteiger partial charge in [0.25, 0.3) is 0 Å². The van der Waals surface area contributed by atoms with E-state index in [1.807, 2.05) is 43.3 Å². The molecule has 4 rings (SSSR count). The van der Waals surface area contributed by atoms with Crippen LogP contribution >= 0.6 is 0 Å². The third-order valence-corrected chi connectivity index (χ3v) is 4.94. The highest BCUT2D eigenvalue weighted by Crippen LogP contribution is 2.37. The first-order chi connectivity index (χ1) is 14.8. The lowest BCUT2D eigenvalue weighted by Crippen LogP contribution is -2.08. The van der Waals surface area contributed by atoms with Gasteiger partial charge in [-0.15, -0.1) is 0 Å². The molecule has 1 heterocycles. The molecular formula is C25H20FNO4. The van der Waals surface area contributed by atoms with Gasteiger partial charge in [0.1, 0.15) is 17.3 Å². The molecule has 6 heteroatoms. The molecule has 0 atom stereocenters. The number of Topliss-reactive ketones (excluding diaryl/α,β-unsaturated/α-hetero) is 1. The van der Waals surface area contributed by atoms with Crippen LogP contribution in [0.2, 0.25) is 0 Å². The van der Waals surface area contributed by atoms with Gasteiger partial charge in [-0.2, -0.15) is 0 Å². The first-order valence-corrected chi connectivity index (χ1v) is 9.66. The molecule has 0 saturated heterocycles. The molecule has 5 nitrogen and oxygen atoms in total. The van der Waals surface area contributed by atoms with Gasteiger partial charge in [-0.25, -0.2) is 9.18 Å². The Morgan fingerprint density at radius 2 is 1.71 bits per heavy atom. The van der Waals surface area contributed by atoms with E-state index >= 15 is 0 Å². The molecule has 0 bridgehead atoms. The quantitative estimate of drug-likeness (QED) is 0.338. The summed E-state index contributed by atoms with van der Waals surface area (Å²) in [4.78, 5) is 27.1. The summed E-state index contributed by atoms with van der Waals surface area (Å²) in [5.74, 6) is -0.496. The lowest BCUT2D eigenvalue weighted by atomic mass is 10.0. The molecule has 0 saturated carbocycles. The molecule has 3 aromatic rings. The van der Waals surface area contributed by atoms with Crippen LogP contribution in [0.25, 0.3) is 6.08 Å². The molecule has 31 heavy (non-hydrogen) atoms. The molecule has 0 amide bonds. The standard InChI is InChI=1S/C25H20FNO4/c1-15-12-20(30-25(29)17-6-8-18(26)9-7-17)14-21-23(15)24(28)22(31-21)13-16-4-10-19(11-5-16)27(2)3/h4-14H,1-3H3/b22-13-. The van der Waals surface area contributed by atoms with Gasteiger partial charge in [0.2, 0.25) is 5.78 Å². The second-order valence-electron chi connectivity index (χ2n) is 7.44. The molecule has 0 radical (unpaired) electrons. The first kappa shape index (κ1) is 20.3. The van der Waals surface area contributed by atoms with Crippen LogP contribution in [0.4, 0.5) is 10.1 Å². The Hall–Kier alpha value is -3.93. The lowest BCUT2D eigenvalue weighted by Gasteiger charge is -2.11. The molecule has 3 aromatic carbocycles. The van der Waals surface area contributed by atoms with Crippen molar-refractivity contribution in [3.63, 3.8) is 0 Å². The number of ether oxygens (including phenoxy) is 2. The van der Waals surface area contributed by atoms with Gasteiger partial charge < -0.3 is 14.4 Å². The molecule has 156 valence electrons. The van der Waals surface area contributed by atoms with E-state index in [9.17, 15) is 14.0 Å². The van der Waals surface area contributed by atoms with Crippen molar-refractivity contribution in [3.8, 4) is 11.5 Å². The maximum Gasteiger partial charge on any atom is 0.343 e. The summed E-state index contributed by atoms with van der Waals surface area (Å²) >= 11 is 0. The largest absolute Gasteiger partial charge is 0.452 e. The summed E-state index contributed by atoms with van der Waals surface area (Å²) in [6, 6.07) is 15.9. The van der Waals surface area contributed by atoms with E-state index in [-0.39, 0.29) is 22.9 Å². The maximum absolute atomic E-state index is 13.1. The van der Waals surface area contributed by atoms with Crippen molar-refractivity contribution in [2.24, 2.45) is 0 Å². The first-order valence-electron chi connectivity index (χ1n) is 9.66. The van der Waals surface area contributed by atoms with Gasteiger partial charge in [0.05, 0.1) is 11.1 Å². The average Bonchev–Trinajstić information content (AvgIpc) is 3.04. The topological polar surface area (TPSA) is 55.8 Å². The fraction of sp³-hybridized carbons (Fsp3) is 0.120. The number of esters is 1. The van der Waals surface area contributed by atoms with E-state index < -0.39 is 11.8 Å². The van der Waals surface area contributed by atoms with Crippen LogP contribution < -0.4 is 14.4 Å². The van der Waals surface area contributed by atoms with Crippen LogP contribution in [0.5, 0.6) is 11.5 Å². The highest BCUT2D eigenvalue weighted by molar-refractivity contribution is 6.15. The van der Waals surface area contributed by atoms with Gasteiger partial charge in [0.15, 0.2) is 5.76 Å². The Balaban J connectivity index is 1.57. The van der Waals surface area contributed by atoms with E-state index in [2.05, 4.69) is 0 Å². The molecule has 1 aliphatic rings. The summed E-state index contributed by atoms with van der Waals surface area (Å²) in [5.41, 5.74) is 3.18. The van der Waals surface area contributed by atoms with Crippen LogP contribution in [-0.2, 0) is 0 Å². The van der Waals surface area contributed by atoms with Crippen LogP contribution in [0, 0.1) is 12.7 Å². The number of carbonyl (C=O) groups excluding carboxylic acids is 2. The Labute approximate surface area is 179 Å². The number of rotatable bonds is 4. The number of aryl methyl sites for hydroxylation is 1. The second kappa shape index (κ2) is 8.07. The van der Waals surface area contributed by atoms with Crippen molar-refractivity contribution < 1.29 is 23.5 Å². The minimum atomic E-state index is -0.625. The molecule has 0 fully saturated rings. The SMILES string of the molecule is Cc1cc(OC(=O)c2ccc(F)cc2)cc2c1C(=O)/C(=C/c1ccc(N(C)C)cc1)O2. The van der Waals surface area contributed by atoms with Crippen molar-refractivity contribution in [3.05, 3.63) is 94.5 Å². The molecule has 0 aromatic heterocycles. The zero-order chi connectivity index (χ0) is 22.1. The summed E-state index contributed by atoms with van der Waals surface area (Å²) in [6.07, 6.45) is 1.69. The summed E-state index contributed by atoms with van der Waals surface area (Å²) in [5, 5.41) is 0. The van der Waals surface area contributed by atoms with Gasteiger partial charge in [-0.05, 0) is 66.6 Å². The number of nitrogens with zero attached hydrogens (tertiary/aromatic N) is 1. The minimum Gasteiger partial charge on any atom is -0.452 e. The van der Waals surface area contributed by atoms with Crippen LogP contribution in [-0.4, -0.2) is 25.8 Å². The zero-order valence-corrected chi connectivity index (χ0v) is 17.3. The number of hydrogen-bond acceptors (Lipinski definition) is 5. The monoisotopic (exact) mass is 417 g/mol. The Morgan fingerprint density at radius 3 is 2.35 bits per heavy atom. The third-order valence-electron chi connectivity index (χ3n) is 4.94. The molecule has 1 aliphatic heterocycles. The fourth-order valence-electron chi connectivity index (χ4n) is 3.31. The number of allylic oxidation sites excluding steroid dienone is 1. The van der Waals surface area contributed by atoms with Crippen molar-refractivity contribution in [2.45, 2.75) is 6.92 Å². The number of ketones is 1. The van der Waals surface area contributed by atoms with Gasteiger partial charge >= 0.3 is 5.97 Å². The summed E-state index contributed by atoms with van der Waals surface area (Å²) < 4.78 is 24.2. The highest BCUT2D eigenvalue weighted by Gasteiger charge is 2.30. The Morgan fingerprint density at radius 1 is 1.03 bits per heavy atom. The number of fused-ring (bicyclic) bond motifs is 1. The van der Waals surface area contributed by atoms with Crippen LogP contribution in [0.3, 0.4) is 0 Å². The van der Waals surface area contributed by atoms with Crippen LogP contribution in [0.15, 0.2) is 66.4 Å². The number of anilines is 1. The number of halogens is 1. The molecule has 0 spiro atoms. The lowest BCUT2D eigenvalue weighted by molar-refractivity contribution is 0.0734. The van der Waals surface area contributed by atoms with Gasteiger partial charge in [-0.3, -0.25) is 4.79 Å².